The largest absolute Gasteiger partial charge is 0.489 e. The van der Waals surface area contributed by atoms with Crippen molar-refractivity contribution < 1.29 is 23.6 Å². The molecule has 0 saturated carbocycles. The lowest BCUT2D eigenvalue weighted by Gasteiger charge is -2.30. The molecule has 1 aromatic carbocycles. The van der Waals surface area contributed by atoms with Crippen LogP contribution >= 0.6 is 0 Å². The van der Waals surface area contributed by atoms with Gasteiger partial charge in [0.25, 0.3) is 5.91 Å². The number of ether oxygens (including phenoxy) is 2. The van der Waals surface area contributed by atoms with Crippen LogP contribution in [-0.2, 0) is 16.1 Å². The maximum Gasteiger partial charge on any atom is 0.338 e. The van der Waals surface area contributed by atoms with Crippen LogP contribution in [0.5, 0.6) is 5.75 Å². The van der Waals surface area contributed by atoms with Crippen LogP contribution in [0.1, 0.15) is 47.1 Å². The van der Waals surface area contributed by atoms with Gasteiger partial charge in [-0.25, -0.2) is 4.79 Å². The zero-order chi connectivity index (χ0) is 20.1. The molecule has 0 spiro atoms. The van der Waals surface area contributed by atoms with E-state index in [9.17, 15) is 9.59 Å². The van der Waals surface area contributed by atoms with Crippen LogP contribution in [0.2, 0.25) is 0 Å². The van der Waals surface area contributed by atoms with Crippen molar-refractivity contribution in [3.05, 3.63) is 46.8 Å². The van der Waals surface area contributed by atoms with E-state index in [1.807, 2.05) is 13.8 Å². The second-order valence-corrected chi connectivity index (χ2v) is 7.26. The van der Waals surface area contributed by atoms with Crippen molar-refractivity contribution in [3.8, 4) is 5.75 Å². The van der Waals surface area contributed by atoms with E-state index in [4.69, 9.17) is 14.0 Å². The number of aromatic nitrogens is 1. The molecule has 3 rings (SSSR count). The second kappa shape index (κ2) is 8.91. The molecule has 1 amide bonds. The summed E-state index contributed by atoms with van der Waals surface area (Å²) >= 11 is 0. The molecule has 1 aliphatic rings. The highest BCUT2D eigenvalue weighted by molar-refractivity contribution is 5.91. The van der Waals surface area contributed by atoms with Crippen molar-refractivity contribution in [3.63, 3.8) is 0 Å². The fourth-order valence-electron chi connectivity index (χ4n) is 3.14. The van der Waals surface area contributed by atoms with Gasteiger partial charge in [0.05, 0.1) is 16.8 Å². The van der Waals surface area contributed by atoms with Crippen LogP contribution in [0.25, 0.3) is 0 Å². The maximum absolute atomic E-state index is 12.3. The molecule has 0 radical (unpaired) electrons. The molecule has 2 aromatic rings. The van der Waals surface area contributed by atoms with Gasteiger partial charge in [-0.3, -0.25) is 4.79 Å². The Morgan fingerprint density at radius 2 is 2.00 bits per heavy atom. The number of carbonyl (C=O) groups excluding carboxylic acids is 2. The summed E-state index contributed by atoms with van der Waals surface area (Å²) < 4.78 is 16.1. The number of aryl methyl sites for hydroxylation is 2. The average molecular weight is 386 g/mol. The molecule has 7 nitrogen and oxygen atoms in total. The molecule has 0 aliphatic carbocycles. The van der Waals surface area contributed by atoms with Gasteiger partial charge in [0.15, 0.2) is 6.61 Å². The highest BCUT2D eigenvalue weighted by Crippen LogP contribution is 2.19. The number of piperidine rings is 1. The van der Waals surface area contributed by atoms with Gasteiger partial charge in [-0.15, -0.1) is 0 Å². The van der Waals surface area contributed by atoms with Crippen LogP contribution in [0.3, 0.4) is 0 Å². The smallest absolute Gasteiger partial charge is 0.338 e. The van der Waals surface area contributed by atoms with Crippen molar-refractivity contribution >= 4 is 11.9 Å². The number of carbonyl (C=O) groups is 2. The molecule has 150 valence electrons. The van der Waals surface area contributed by atoms with Gasteiger partial charge < -0.3 is 18.9 Å². The number of benzene rings is 1. The van der Waals surface area contributed by atoms with E-state index in [2.05, 4.69) is 12.1 Å². The normalized spacial score (nSPS) is 14.8. The highest BCUT2D eigenvalue weighted by Gasteiger charge is 2.21. The minimum atomic E-state index is -0.540. The van der Waals surface area contributed by atoms with Gasteiger partial charge >= 0.3 is 5.97 Å². The topological polar surface area (TPSA) is 81.9 Å². The molecule has 7 heteroatoms. The third kappa shape index (κ3) is 4.91. The molecule has 0 N–H and O–H groups in total. The highest BCUT2D eigenvalue weighted by atomic mass is 16.5. The number of esters is 1. The minimum absolute atomic E-state index is 0.147. The summed E-state index contributed by atoms with van der Waals surface area (Å²) in [4.78, 5) is 26.3. The molecule has 2 heterocycles. The van der Waals surface area contributed by atoms with Crippen molar-refractivity contribution in [1.82, 2.24) is 10.1 Å². The fourth-order valence-corrected chi connectivity index (χ4v) is 3.14. The van der Waals surface area contributed by atoms with Gasteiger partial charge in [0, 0.05) is 13.1 Å². The fraction of sp³-hybridized carbons (Fsp3) is 0.476. The Hall–Kier alpha value is -2.83. The van der Waals surface area contributed by atoms with Crippen molar-refractivity contribution in [2.24, 2.45) is 5.92 Å². The number of rotatable bonds is 6. The number of amides is 1. The number of hydrogen-bond donors (Lipinski definition) is 0. The van der Waals surface area contributed by atoms with E-state index in [1.165, 1.54) is 0 Å². The molecule has 0 unspecified atom stereocenters. The Balaban J connectivity index is 1.53. The monoisotopic (exact) mass is 386 g/mol. The van der Waals surface area contributed by atoms with Crippen LogP contribution in [0.15, 0.2) is 28.8 Å². The SMILES string of the molecule is Cc1noc(C)c1COc1cccc(C(=O)OCC(=O)N2CCC(C)CC2)c1. The molecule has 28 heavy (non-hydrogen) atoms. The average Bonchev–Trinajstić information content (AvgIpc) is 3.02. The van der Waals surface area contributed by atoms with E-state index >= 15 is 0 Å². The van der Waals surface area contributed by atoms with Crippen molar-refractivity contribution in [2.45, 2.75) is 40.2 Å². The lowest BCUT2D eigenvalue weighted by atomic mass is 9.99. The summed E-state index contributed by atoms with van der Waals surface area (Å²) in [5.41, 5.74) is 2.00. The molecule has 0 bridgehead atoms. The van der Waals surface area contributed by atoms with Gasteiger partial charge in [-0.05, 0) is 50.8 Å². The van der Waals surface area contributed by atoms with Crippen LogP contribution in [0.4, 0.5) is 0 Å². The van der Waals surface area contributed by atoms with E-state index < -0.39 is 5.97 Å². The van der Waals surface area contributed by atoms with E-state index in [0.717, 1.165) is 37.2 Å². The molecule has 1 fully saturated rings. The van der Waals surface area contributed by atoms with Crippen molar-refractivity contribution in [2.75, 3.05) is 19.7 Å². The van der Waals surface area contributed by atoms with E-state index in [-0.39, 0.29) is 12.5 Å². The summed E-state index contributed by atoms with van der Waals surface area (Å²) in [5, 5.41) is 3.89. The lowest BCUT2D eigenvalue weighted by Crippen LogP contribution is -2.40. The van der Waals surface area contributed by atoms with Crippen LogP contribution < -0.4 is 4.74 Å². The van der Waals surface area contributed by atoms with E-state index in [0.29, 0.717) is 29.6 Å². The van der Waals surface area contributed by atoms with Crippen LogP contribution in [-0.4, -0.2) is 41.6 Å². The van der Waals surface area contributed by atoms with Crippen molar-refractivity contribution in [1.29, 1.82) is 0 Å². The molecule has 0 atom stereocenters. The van der Waals surface area contributed by atoms with Gasteiger partial charge in [0.1, 0.15) is 18.1 Å². The maximum atomic E-state index is 12.3. The Bertz CT molecular complexity index is 818. The predicted molar refractivity (Wildman–Crippen MR) is 102 cm³/mol. The molecular weight excluding hydrogens is 360 g/mol. The third-order valence-corrected chi connectivity index (χ3v) is 5.10. The zero-order valence-electron chi connectivity index (χ0n) is 16.6. The molecule has 1 saturated heterocycles. The Morgan fingerprint density at radius 1 is 1.25 bits per heavy atom. The van der Waals surface area contributed by atoms with Crippen LogP contribution in [0, 0.1) is 19.8 Å². The van der Waals surface area contributed by atoms with E-state index in [1.54, 1.807) is 29.2 Å². The van der Waals surface area contributed by atoms with Gasteiger partial charge in [-0.1, -0.05) is 18.1 Å². The Kier molecular flexibility index (Phi) is 6.34. The Morgan fingerprint density at radius 3 is 2.68 bits per heavy atom. The predicted octanol–water partition coefficient (Wildman–Crippen LogP) is 3.29. The molecular formula is C21H26N2O5. The molecule has 1 aromatic heterocycles. The minimum Gasteiger partial charge on any atom is -0.489 e. The third-order valence-electron chi connectivity index (χ3n) is 5.10. The zero-order valence-corrected chi connectivity index (χ0v) is 16.6. The Labute approximate surface area is 164 Å². The lowest BCUT2D eigenvalue weighted by molar-refractivity contribution is -0.135. The second-order valence-electron chi connectivity index (χ2n) is 7.26. The first-order valence-electron chi connectivity index (χ1n) is 9.53. The first kappa shape index (κ1) is 19.9. The number of hydrogen-bond acceptors (Lipinski definition) is 6. The quantitative estimate of drug-likeness (QED) is 0.709. The summed E-state index contributed by atoms with van der Waals surface area (Å²) in [6.45, 7) is 7.37. The first-order chi connectivity index (χ1) is 13.4. The number of likely N-dealkylation sites (tertiary alicyclic amines) is 1. The number of nitrogens with zero attached hydrogens (tertiary/aromatic N) is 2. The first-order valence-corrected chi connectivity index (χ1v) is 9.53. The van der Waals surface area contributed by atoms with Gasteiger partial charge in [-0.2, -0.15) is 0 Å². The summed E-state index contributed by atoms with van der Waals surface area (Å²) in [6, 6.07) is 6.72. The standard InChI is InChI=1S/C21H26N2O5/c1-14-7-9-23(10-8-14)20(24)13-27-21(25)17-5-4-6-18(11-17)26-12-19-15(2)22-28-16(19)3/h4-6,11,14H,7-10,12-13H2,1-3H3. The summed E-state index contributed by atoms with van der Waals surface area (Å²) in [7, 11) is 0. The summed E-state index contributed by atoms with van der Waals surface area (Å²) in [6.07, 6.45) is 1.98. The molecule has 1 aliphatic heterocycles. The van der Waals surface area contributed by atoms with Gasteiger partial charge in [0.2, 0.25) is 0 Å². The summed E-state index contributed by atoms with van der Waals surface area (Å²) in [5.74, 6) is 1.19.